The molecular formula is C27H27N5O4S. The number of hydrogen-bond acceptors (Lipinski definition) is 7. The van der Waals surface area contributed by atoms with Crippen LogP contribution in [0, 0.1) is 20.8 Å². The maximum absolute atomic E-state index is 14.1. The lowest BCUT2D eigenvalue weighted by atomic mass is 10.0. The quantitative estimate of drug-likeness (QED) is 0.322. The largest absolute Gasteiger partial charge is 0.464 e. The molecule has 9 nitrogen and oxygen atoms in total. The van der Waals surface area contributed by atoms with Crippen molar-refractivity contribution >= 4 is 40.6 Å². The van der Waals surface area contributed by atoms with Crippen LogP contribution in [0.4, 0.5) is 11.4 Å². The van der Waals surface area contributed by atoms with Crippen LogP contribution < -0.4 is 21.7 Å². The first-order valence-corrected chi connectivity index (χ1v) is 12.3. The highest BCUT2D eigenvalue weighted by Gasteiger charge is 2.38. The van der Waals surface area contributed by atoms with Crippen molar-refractivity contribution < 1.29 is 18.8 Å². The topological polar surface area (TPSA) is 145 Å². The Morgan fingerprint density at radius 1 is 1.03 bits per heavy atom. The smallest absolute Gasteiger partial charge is 0.273 e. The van der Waals surface area contributed by atoms with Crippen LogP contribution in [0.15, 0.2) is 65.1 Å². The fourth-order valence-electron chi connectivity index (χ4n) is 3.96. The first kappa shape index (κ1) is 25.6. The monoisotopic (exact) mass is 517 g/mol. The molecule has 0 aliphatic heterocycles. The van der Waals surface area contributed by atoms with Gasteiger partial charge < -0.3 is 21.2 Å². The summed E-state index contributed by atoms with van der Waals surface area (Å²) >= 11 is 0.756. The number of primary amides is 1. The zero-order valence-corrected chi connectivity index (χ0v) is 21.5. The molecule has 2 aromatic heterocycles. The summed E-state index contributed by atoms with van der Waals surface area (Å²) in [6.45, 7) is 5.78. The molecule has 0 radical (unpaired) electrons. The van der Waals surface area contributed by atoms with Gasteiger partial charge in [0.2, 0.25) is 0 Å². The average Bonchev–Trinajstić information content (AvgIpc) is 3.48. The van der Waals surface area contributed by atoms with Crippen molar-refractivity contribution in [2.24, 2.45) is 5.73 Å². The molecule has 37 heavy (non-hydrogen) atoms. The number of nitrogen functional groups attached to an aromatic ring is 1. The SMILES string of the molecule is Cc1ccc([C@H](C(=O)NCc2ccccc2)N(C(=O)c2snc(C(N)=O)c2N)c2cccc(C)c2C)o1. The summed E-state index contributed by atoms with van der Waals surface area (Å²) in [6, 6.07) is 17.1. The number of rotatable bonds is 8. The van der Waals surface area contributed by atoms with Gasteiger partial charge in [0.15, 0.2) is 11.7 Å². The summed E-state index contributed by atoms with van der Waals surface area (Å²) < 4.78 is 9.86. The third kappa shape index (κ3) is 5.24. The molecule has 0 unspecified atom stereocenters. The molecule has 190 valence electrons. The molecule has 4 aromatic rings. The molecule has 3 amide bonds. The van der Waals surface area contributed by atoms with Crippen LogP contribution in [0.5, 0.6) is 0 Å². The van der Waals surface area contributed by atoms with Gasteiger partial charge in [-0.3, -0.25) is 19.3 Å². The maximum atomic E-state index is 14.1. The Hall–Kier alpha value is -4.44. The predicted molar refractivity (Wildman–Crippen MR) is 142 cm³/mol. The minimum absolute atomic E-state index is 0.00107. The molecule has 2 aromatic carbocycles. The van der Waals surface area contributed by atoms with E-state index in [0.717, 1.165) is 28.2 Å². The van der Waals surface area contributed by atoms with Crippen molar-refractivity contribution in [3.63, 3.8) is 0 Å². The zero-order chi connectivity index (χ0) is 26.7. The number of carbonyl (C=O) groups is 3. The van der Waals surface area contributed by atoms with Gasteiger partial charge in [0, 0.05) is 12.2 Å². The van der Waals surface area contributed by atoms with E-state index in [1.165, 1.54) is 4.90 Å². The third-order valence-corrected chi connectivity index (χ3v) is 6.91. The van der Waals surface area contributed by atoms with E-state index < -0.39 is 23.8 Å². The van der Waals surface area contributed by atoms with Gasteiger partial charge in [-0.15, -0.1) is 0 Å². The Balaban J connectivity index is 1.85. The lowest BCUT2D eigenvalue weighted by Crippen LogP contribution is -2.44. The number of aromatic nitrogens is 1. The molecule has 5 N–H and O–H groups in total. The van der Waals surface area contributed by atoms with E-state index in [4.69, 9.17) is 15.9 Å². The van der Waals surface area contributed by atoms with Crippen molar-refractivity contribution in [2.75, 3.05) is 10.6 Å². The van der Waals surface area contributed by atoms with Gasteiger partial charge in [0.1, 0.15) is 16.4 Å². The van der Waals surface area contributed by atoms with E-state index in [0.29, 0.717) is 11.4 Å². The normalized spacial score (nSPS) is 11.6. The van der Waals surface area contributed by atoms with Crippen molar-refractivity contribution in [3.8, 4) is 0 Å². The van der Waals surface area contributed by atoms with Crippen LogP contribution in [0.3, 0.4) is 0 Å². The second-order valence-electron chi connectivity index (χ2n) is 8.59. The molecule has 0 fully saturated rings. The Labute approximate surface area is 218 Å². The summed E-state index contributed by atoms with van der Waals surface area (Å²) in [7, 11) is 0. The van der Waals surface area contributed by atoms with E-state index in [-0.39, 0.29) is 28.6 Å². The van der Waals surface area contributed by atoms with E-state index >= 15 is 0 Å². The molecule has 0 saturated carbocycles. The number of amides is 3. The van der Waals surface area contributed by atoms with Gasteiger partial charge in [-0.05, 0) is 67.2 Å². The summed E-state index contributed by atoms with van der Waals surface area (Å²) in [5, 5.41) is 2.93. The molecule has 1 atom stereocenters. The molecule has 2 heterocycles. The van der Waals surface area contributed by atoms with Crippen LogP contribution in [-0.2, 0) is 11.3 Å². The highest BCUT2D eigenvalue weighted by Crippen LogP contribution is 2.36. The molecule has 0 bridgehead atoms. The van der Waals surface area contributed by atoms with Gasteiger partial charge in [-0.1, -0.05) is 42.5 Å². The van der Waals surface area contributed by atoms with Gasteiger partial charge >= 0.3 is 0 Å². The van der Waals surface area contributed by atoms with E-state index in [1.807, 2.05) is 50.2 Å². The Morgan fingerprint density at radius 2 is 1.76 bits per heavy atom. The minimum atomic E-state index is -1.18. The number of nitrogens with one attached hydrogen (secondary N) is 1. The molecular weight excluding hydrogens is 490 g/mol. The first-order chi connectivity index (χ1) is 17.7. The van der Waals surface area contributed by atoms with Crippen LogP contribution in [0.2, 0.25) is 0 Å². The zero-order valence-electron chi connectivity index (χ0n) is 20.6. The van der Waals surface area contributed by atoms with Crippen molar-refractivity contribution in [1.82, 2.24) is 9.69 Å². The highest BCUT2D eigenvalue weighted by atomic mass is 32.1. The Morgan fingerprint density at radius 3 is 2.38 bits per heavy atom. The van der Waals surface area contributed by atoms with Crippen LogP contribution >= 0.6 is 11.5 Å². The van der Waals surface area contributed by atoms with Crippen LogP contribution in [0.1, 0.15) is 54.4 Å². The van der Waals surface area contributed by atoms with E-state index in [2.05, 4.69) is 9.69 Å². The number of carbonyl (C=O) groups excluding carboxylic acids is 3. The number of aryl methyl sites for hydroxylation is 2. The molecule has 4 rings (SSSR count). The number of hydrogen-bond donors (Lipinski definition) is 3. The number of nitrogens with zero attached hydrogens (tertiary/aromatic N) is 2. The van der Waals surface area contributed by atoms with Crippen LogP contribution in [0.25, 0.3) is 0 Å². The molecule has 10 heteroatoms. The van der Waals surface area contributed by atoms with Gasteiger partial charge in [-0.25, -0.2) is 0 Å². The second kappa shape index (κ2) is 10.7. The van der Waals surface area contributed by atoms with E-state index in [9.17, 15) is 14.4 Å². The minimum Gasteiger partial charge on any atom is -0.464 e. The average molecular weight is 518 g/mol. The summed E-state index contributed by atoms with van der Waals surface area (Å²) in [4.78, 5) is 41.0. The molecule has 0 spiro atoms. The van der Waals surface area contributed by atoms with Crippen molar-refractivity contribution in [3.05, 3.63) is 99.4 Å². The van der Waals surface area contributed by atoms with Crippen LogP contribution in [-0.4, -0.2) is 22.1 Å². The number of anilines is 2. The summed E-state index contributed by atoms with van der Waals surface area (Å²) in [5.41, 5.74) is 14.3. The maximum Gasteiger partial charge on any atom is 0.273 e. The third-order valence-electron chi connectivity index (χ3n) is 6.06. The number of nitrogens with two attached hydrogens (primary N) is 2. The predicted octanol–water partition coefficient (Wildman–Crippen LogP) is 4.05. The lowest BCUT2D eigenvalue weighted by Gasteiger charge is -2.31. The second-order valence-corrected chi connectivity index (χ2v) is 9.36. The van der Waals surface area contributed by atoms with Gasteiger partial charge in [0.05, 0.1) is 5.69 Å². The standard InChI is InChI=1S/C27H27N5O4S/c1-15-8-7-11-19(17(15)3)32(27(35)24-21(28)22(25(29)33)31-37-24)23(20-13-12-16(2)36-20)26(34)30-14-18-9-5-4-6-10-18/h4-13,23H,14,28H2,1-3H3,(H2,29,33)(H,30,34)/t23-/m1/s1. The summed E-state index contributed by atoms with van der Waals surface area (Å²) in [5.74, 6) is -1.05. The van der Waals surface area contributed by atoms with Gasteiger partial charge in [0.25, 0.3) is 17.7 Å². The van der Waals surface area contributed by atoms with Crippen molar-refractivity contribution in [1.29, 1.82) is 0 Å². The highest BCUT2D eigenvalue weighted by molar-refractivity contribution is 7.09. The Kier molecular flexibility index (Phi) is 7.40. The summed E-state index contributed by atoms with van der Waals surface area (Å²) in [6.07, 6.45) is 0. The number of furan rings is 1. The lowest BCUT2D eigenvalue weighted by molar-refractivity contribution is -0.123. The fourth-order valence-corrected chi connectivity index (χ4v) is 4.70. The molecule has 0 aliphatic rings. The number of benzene rings is 2. The Bertz CT molecular complexity index is 1460. The van der Waals surface area contributed by atoms with Crippen molar-refractivity contribution in [2.45, 2.75) is 33.4 Å². The molecule has 0 aliphatic carbocycles. The van der Waals surface area contributed by atoms with E-state index in [1.54, 1.807) is 31.2 Å². The molecule has 0 saturated heterocycles. The first-order valence-electron chi connectivity index (χ1n) is 11.5. The fraction of sp³-hybridized carbons (Fsp3) is 0.185. The van der Waals surface area contributed by atoms with Gasteiger partial charge in [-0.2, -0.15) is 4.37 Å².